The van der Waals surface area contributed by atoms with Crippen LogP contribution in [0.3, 0.4) is 0 Å². The minimum absolute atomic E-state index is 0.0476. The Morgan fingerprint density at radius 3 is 2.89 bits per heavy atom. The maximum absolute atomic E-state index is 6.05. The number of fused-ring (bicyclic) bond motifs is 1. The Bertz CT molecular complexity index is 1040. The number of aromatic amines is 1. The number of para-hydroxylation sites is 1. The number of hydrogen-bond acceptors (Lipinski definition) is 4. The standard InChI is InChI=1S/C22H21N3OS/c1-2-6-16(7-3-1)13-25-10-11-26-21(14-25)22-24-20(15-27-22)18-12-23-19-9-5-4-8-17(18)19/h1-9,12,15,21,23H,10-11,13-14H2. The first-order chi connectivity index (χ1) is 13.4. The summed E-state index contributed by atoms with van der Waals surface area (Å²) in [4.78, 5) is 10.7. The average molecular weight is 375 g/mol. The van der Waals surface area contributed by atoms with E-state index in [1.54, 1.807) is 11.3 Å². The van der Waals surface area contributed by atoms with Crippen LogP contribution < -0.4 is 0 Å². The molecule has 1 atom stereocenters. The van der Waals surface area contributed by atoms with Gasteiger partial charge in [0.25, 0.3) is 0 Å². The number of rotatable bonds is 4. The minimum atomic E-state index is 0.0476. The monoisotopic (exact) mass is 375 g/mol. The van der Waals surface area contributed by atoms with Crippen LogP contribution in [-0.2, 0) is 11.3 Å². The number of aromatic nitrogens is 2. The van der Waals surface area contributed by atoms with E-state index in [0.29, 0.717) is 0 Å². The molecule has 3 heterocycles. The number of nitrogens with zero attached hydrogens (tertiary/aromatic N) is 2. The molecule has 0 saturated carbocycles. The van der Waals surface area contributed by atoms with E-state index in [1.165, 1.54) is 10.9 Å². The van der Waals surface area contributed by atoms with Gasteiger partial charge in [0.05, 0.1) is 12.3 Å². The van der Waals surface area contributed by atoms with E-state index >= 15 is 0 Å². The van der Waals surface area contributed by atoms with Crippen LogP contribution in [0.25, 0.3) is 22.2 Å². The lowest BCUT2D eigenvalue weighted by Crippen LogP contribution is -2.37. The summed E-state index contributed by atoms with van der Waals surface area (Å²) < 4.78 is 6.05. The van der Waals surface area contributed by atoms with E-state index < -0.39 is 0 Å². The van der Waals surface area contributed by atoms with Crippen molar-refractivity contribution in [1.29, 1.82) is 0 Å². The molecule has 1 N–H and O–H groups in total. The van der Waals surface area contributed by atoms with Crippen LogP contribution in [-0.4, -0.2) is 34.6 Å². The lowest BCUT2D eigenvalue weighted by atomic mass is 10.1. The highest BCUT2D eigenvalue weighted by Gasteiger charge is 2.25. The van der Waals surface area contributed by atoms with Crippen LogP contribution in [0, 0.1) is 0 Å². The Hall–Kier alpha value is -2.47. The third-order valence-electron chi connectivity index (χ3n) is 5.06. The van der Waals surface area contributed by atoms with Crippen LogP contribution >= 0.6 is 11.3 Å². The molecule has 27 heavy (non-hydrogen) atoms. The number of morpholine rings is 1. The first-order valence-corrected chi connectivity index (χ1v) is 10.1. The molecule has 136 valence electrons. The molecule has 1 saturated heterocycles. The Morgan fingerprint density at radius 2 is 1.96 bits per heavy atom. The third-order valence-corrected chi connectivity index (χ3v) is 6.00. The van der Waals surface area contributed by atoms with Crippen molar-refractivity contribution in [1.82, 2.24) is 14.9 Å². The molecule has 0 aliphatic carbocycles. The van der Waals surface area contributed by atoms with Crippen LogP contribution in [0.4, 0.5) is 0 Å². The predicted octanol–water partition coefficient (Wildman–Crippen LogP) is 4.86. The Morgan fingerprint density at radius 1 is 1.11 bits per heavy atom. The van der Waals surface area contributed by atoms with Crippen LogP contribution in [0.15, 0.2) is 66.2 Å². The van der Waals surface area contributed by atoms with Gasteiger partial charge >= 0.3 is 0 Å². The minimum Gasteiger partial charge on any atom is -0.368 e. The zero-order valence-corrected chi connectivity index (χ0v) is 15.8. The van der Waals surface area contributed by atoms with Crippen molar-refractivity contribution in [3.63, 3.8) is 0 Å². The average Bonchev–Trinajstić information content (AvgIpc) is 3.36. The molecule has 2 aromatic carbocycles. The Balaban J connectivity index is 1.35. The summed E-state index contributed by atoms with van der Waals surface area (Å²) in [5, 5.41) is 4.42. The topological polar surface area (TPSA) is 41.1 Å². The first kappa shape index (κ1) is 16.7. The molecule has 2 aromatic heterocycles. The fourth-order valence-electron chi connectivity index (χ4n) is 3.68. The molecule has 5 rings (SSSR count). The summed E-state index contributed by atoms with van der Waals surface area (Å²) in [7, 11) is 0. The second kappa shape index (κ2) is 7.27. The number of hydrogen-bond donors (Lipinski definition) is 1. The van der Waals surface area contributed by atoms with Crippen molar-refractivity contribution in [2.75, 3.05) is 19.7 Å². The largest absolute Gasteiger partial charge is 0.368 e. The quantitative estimate of drug-likeness (QED) is 0.553. The van der Waals surface area contributed by atoms with Crippen molar-refractivity contribution in [2.45, 2.75) is 12.6 Å². The molecular formula is C22H21N3OS. The van der Waals surface area contributed by atoms with Gasteiger partial charge in [-0.2, -0.15) is 0 Å². The molecule has 4 nitrogen and oxygen atoms in total. The van der Waals surface area contributed by atoms with Gasteiger partial charge in [-0.05, 0) is 11.6 Å². The van der Waals surface area contributed by atoms with Crippen molar-refractivity contribution in [3.05, 3.63) is 76.7 Å². The van der Waals surface area contributed by atoms with Gasteiger partial charge in [0.2, 0.25) is 0 Å². The van der Waals surface area contributed by atoms with Crippen molar-refractivity contribution >= 4 is 22.2 Å². The van der Waals surface area contributed by atoms with Crippen LogP contribution in [0.2, 0.25) is 0 Å². The summed E-state index contributed by atoms with van der Waals surface area (Å²) >= 11 is 1.69. The fraction of sp³-hybridized carbons (Fsp3) is 0.227. The van der Waals surface area contributed by atoms with Gasteiger partial charge in [-0.15, -0.1) is 11.3 Å². The zero-order valence-electron chi connectivity index (χ0n) is 15.0. The summed E-state index contributed by atoms with van der Waals surface area (Å²) in [6, 6.07) is 19.0. The molecule has 1 aliphatic rings. The Kier molecular flexibility index (Phi) is 4.49. The second-order valence-corrected chi connectivity index (χ2v) is 7.79. The van der Waals surface area contributed by atoms with E-state index in [-0.39, 0.29) is 6.10 Å². The van der Waals surface area contributed by atoms with Crippen LogP contribution in [0.1, 0.15) is 16.7 Å². The summed E-state index contributed by atoms with van der Waals surface area (Å²) in [6.07, 6.45) is 2.10. The first-order valence-electron chi connectivity index (χ1n) is 9.26. The van der Waals surface area contributed by atoms with Gasteiger partial charge in [0.15, 0.2) is 0 Å². The van der Waals surface area contributed by atoms with Crippen LogP contribution in [0.5, 0.6) is 0 Å². The van der Waals surface area contributed by atoms with E-state index in [1.807, 2.05) is 12.3 Å². The summed E-state index contributed by atoms with van der Waals surface area (Å²) in [5.41, 5.74) is 4.67. The van der Waals surface area contributed by atoms with E-state index in [4.69, 9.17) is 9.72 Å². The number of nitrogens with one attached hydrogen (secondary N) is 1. The van der Waals surface area contributed by atoms with E-state index in [0.717, 1.165) is 48.0 Å². The normalized spacial score (nSPS) is 18.1. The molecule has 0 spiro atoms. The molecule has 0 amide bonds. The van der Waals surface area contributed by atoms with E-state index in [9.17, 15) is 0 Å². The molecule has 1 aliphatic heterocycles. The maximum Gasteiger partial charge on any atom is 0.124 e. The highest BCUT2D eigenvalue weighted by molar-refractivity contribution is 7.10. The van der Waals surface area contributed by atoms with Crippen molar-refractivity contribution in [3.8, 4) is 11.3 Å². The second-order valence-electron chi connectivity index (χ2n) is 6.90. The summed E-state index contributed by atoms with van der Waals surface area (Å²) in [5.74, 6) is 0. The fourth-order valence-corrected chi connectivity index (χ4v) is 4.54. The van der Waals surface area contributed by atoms with Crippen molar-refractivity contribution in [2.24, 2.45) is 0 Å². The van der Waals surface area contributed by atoms with Gasteiger partial charge in [0.1, 0.15) is 11.1 Å². The zero-order chi connectivity index (χ0) is 18.1. The van der Waals surface area contributed by atoms with Gasteiger partial charge in [0, 0.05) is 47.7 Å². The molecule has 1 fully saturated rings. The van der Waals surface area contributed by atoms with Gasteiger partial charge in [-0.1, -0.05) is 48.5 Å². The van der Waals surface area contributed by atoms with Gasteiger partial charge in [-0.25, -0.2) is 4.98 Å². The molecular weight excluding hydrogens is 354 g/mol. The Labute approximate surface area is 162 Å². The van der Waals surface area contributed by atoms with Gasteiger partial charge < -0.3 is 9.72 Å². The molecule has 1 unspecified atom stereocenters. The molecule has 4 aromatic rings. The SMILES string of the molecule is c1ccc(CN2CCOC(c3nc(-c4c[nH]c5ccccc45)cs3)C2)cc1. The highest BCUT2D eigenvalue weighted by Crippen LogP contribution is 2.33. The maximum atomic E-state index is 6.05. The van der Waals surface area contributed by atoms with Crippen molar-refractivity contribution < 1.29 is 4.74 Å². The van der Waals surface area contributed by atoms with E-state index in [2.05, 4.69) is 63.8 Å². The smallest absolute Gasteiger partial charge is 0.124 e. The number of benzene rings is 2. The predicted molar refractivity (Wildman–Crippen MR) is 110 cm³/mol. The lowest BCUT2D eigenvalue weighted by molar-refractivity contribution is -0.0329. The summed E-state index contributed by atoms with van der Waals surface area (Å²) in [6.45, 7) is 3.56. The van der Waals surface area contributed by atoms with Gasteiger partial charge in [-0.3, -0.25) is 4.90 Å². The molecule has 5 heteroatoms. The molecule has 0 bridgehead atoms. The lowest BCUT2D eigenvalue weighted by Gasteiger charge is -2.31. The highest BCUT2D eigenvalue weighted by atomic mass is 32.1. The third kappa shape index (κ3) is 3.41. The number of H-pyrrole nitrogens is 1. The number of ether oxygens (including phenoxy) is 1. The molecule has 0 radical (unpaired) electrons. The number of thiazole rings is 1.